The van der Waals surface area contributed by atoms with Crippen LogP contribution in [0.15, 0.2) is 42.7 Å². The Balaban J connectivity index is 2.15. The van der Waals surface area contributed by atoms with E-state index in [0.29, 0.717) is 5.69 Å². The zero-order valence-electron chi connectivity index (χ0n) is 10.2. The maximum atomic E-state index is 8.72. The molecule has 0 bridgehead atoms. The van der Waals surface area contributed by atoms with Crippen LogP contribution in [0.4, 0.5) is 5.69 Å². The summed E-state index contributed by atoms with van der Waals surface area (Å²) in [5.74, 6) is 0. The van der Waals surface area contributed by atoms with Crippen LogP contribution < -0.4 is 4.90 Å². The van der Waals surface area contributed by atoms with E-state index in [0.717, 1.165) is 24.5 Å². The van der Waals surface area contributed by atoms with Crippen molar-refractivity contribution in [2.75, 3.05) is 11.4 Å². The largest absolute Gasteiger partial charge is 0.365 e. The molecule has 0 aliphatic rings. The standard InChI is InChI=1S/C14H14N4/c1-2-18(11-13-5-3-4-8-16-13)14-7-6-12(9-15)17-10-14/h3-8,10H,2,11H2,1H3. The van der Waals surface area contributed by atoms with E-state index in [2.05, 4.69) is 21.8 Å². The second-order valence-corrected chi connectivity index (χ2v) is 3.85. The highest BCUT2D eigenvalue weighted by atomic mass is 15.1. The Bertz CT molecular complexity index is 528. The summed E-state index contributed by atoms with van der Waals surface area (Å²) in [6.07, 6.45) is 3.52. The van der Waals surface area contributed by atoms with Crippen molar-refractivity contribution in [1.29, 1.82) is 5.26 Å². The van der Waals surface area contributed by atoms with E-state index in [1.807, 2.05) is 30.3 Å². The Hall–Kier alpha value is -2.41. The third kappa shape index (κ3) is 2.83. The third-order valence-electron chi connectivity index (χ3n) is 2.69. The third-order valence-corrected chi connectivity index (χ3v) is 2.69. The first kappa shape index (κ1) is 12.1. The number of hydrogen-bond acceptors (Lipinski definition) is 4. The van der Waals surface area contributed by atoms with Crippen molar-refractivity contribution >= 4 is 5.69 Å². The van der Waals surface area contributed by atoms with Crippen molar-refractivity contribution in [2.45, 2.75) is 13.5 Å². The van der Waals surface area contributed by atoms with Crippen LogP contribution in [0.2, 0.25) is 0 Å². The molecule has 4 heteroatoms. The average Bonchev–Trinajstić information content (AvgIpc) is 2.46. The summed E-state index contributed by atoms with van der Waals surface area (Å²) in [6, 6.07) is 11.6. The summed E-state index contributed by atoms with van der Waals surface area (Å²) < 4.78 is 0. The molecule has 0 unspecified atom stereocenters. The first-order chi connectivity index (χ1) is 8.83. The number of rotatable bonds is 4. The van der Waals surface area contributed by atoms with E-state index in [1.165, 1.54) is 0 Å². The molecule has 2 rings (SSSR count). The van der Waals surface area contributed by atoms with Crippen molar-refractivity contribution in [3.8, 4) is 6.07 Å². The molecule has 2 heterocycles. The van der Waals surface area contributed by atoms with Gasteiger partial charge in [0.2, 0.25) is 0 Å². The minimum Gasteiger partial charge on any atom is -0.365 e. The first-order valence-corrected chi connectivity index (χ1v) is 5.84. The molecule has 0 saturated carbocycles. The molecule has 0 aromatic carbocycles. The maximum absolute atomic E-state index is 8.72. The van der Waals surface area contributed by atoms with Crippen LogP contribution in [-0.2, 0) is 6.54 Å². The zero-order valence-corrected chi connectivity index (χ0v) is 10.2. The minimum atomic E-state index is 0.438. The fourth-order valence-electron chi connectivity index (χ4n) is 1.71. The molecule has 90 valence electrons. The molecule has 0 fully saturated rings. The van der Waals surface area contributed by atoms with Crippen LogP contribution in [0.5, 0.6) is 0 Å². The van der Waals surface area contributed by atoms with Gasteiger partial charge >= 0.3 is 0 Å². The lowest BCUT2D eigenvalue weighted by atomic mass is 10.3. The summed E-state index contributed by atoms with van der Waals surface area (Å²) in [6.45, 7) is 3.69. The van der Waals surface area contributed by atoms with Crippen molar-refractivity contribution < 1.29 is 0 Å². The van der Waals surface area contributed by atoms with Gasteiger partial charge in [0.25, 0.3) is 0 Å². The molecular formula is C14H14N4. The SMILES string of the molecule is CCN(Cc1ccccn1)c1ccc(C#N)nc1. The van der Waals surface area contributed by atoms with Gasteiger partial charge in [0.15, 0.2) is 0 Å². The number of nitrogens with zero attached hydrogens (tertiary/aromatic N) is 4. The highest BCUT2D eigenvalue weighted by molar-refractivity contribution is 5.46. The molecule has 0 N–H and O–H groups in total. The minimum absolute atomic E-state index is 0.438. The van der Waals surface area contributed by atoms with E-state index in [-0.39, 0.29) is 0 Å². The molecule has 0 amide bonds. The summed E-state index contributed by atoms with van der Waals surface area (Å²) >= 11 is 0. The second-order valence-electron chi connectivity index (χ2n) is 3.85. The quantitative estimate of drug-likeness (QED) is 0.820. The molecule has 2 aromatic rings. The Morgan fingerprint density at radius 3 is 2.67 bits per heavy atom. The van der Waals surface area contributed by atoms with Crippen LogP contribution in [-0.4, -0.2) is 16.5 Å². The molecule has 4 nitrogen and oxygen atoms in total. The molecule has 0 atom stereocenters. The van der Waals surface area contributed by atoms with Gasteiger partial charge in [-0.1, -0.05) is 6.07 Å². The van der Waals surface area contributed by atoms with Crippen LogP contribution in [0.1, 0.15) is 18.3 Å². The average molecular weight is 238 g/mol. The van der Waals surface area contributed by atoms with Crippen molar-refractivity contribution in [3.63, 3.8) is 0 Å². The molecule has 2 aromatic heterocycles. The van der Waals surface area contributed by atoms with E-state index in [9.17, 15) is 0 Å². The first-order valence-electron chi connectivity index (χ1n) is 5.84. The fraction of sp³-hybridized carbons (Fsp3) is 0.214. The van der Waals surface area contributed by atoms with Gasteiger partial charge in [-0.15, -0.1) is 0 Å². The van der Waals surface area contributed by atoms with Gasteiger partial charge in [0.1, 0.15) is 11.8 Å². The topological polar surface area (TPSA) is 52.8 Å². The van der Waals surface area contributed by atoms with E-state index in [1.54, 1.807) is 18.5 Å². The normalized spacial score (nSPS) is 9.78. The van der Waals surface area contributed by atoms with E-state index >= 15 is 0 Å². The van der Waals surface area contributed by atoms with Gasteiger partial charge in [0, 0.05) is 12.7 Å². The Kier molecular flexibility index (Phi) is 3.87. The summed E-state index contributed by atoms with van der Waals surface area (Å²) in [4.78, 5) is 10.6. The van der Waals surface area contributed by atoms with E-state index < -0.39 is 0 Å². The van der Waals surface area contributed by atoms with Gasteiger partial charge < -0.3 is 4.90 Å². The molecule has 0 spiro atoms. The predicted molar refractivity (Wildman–Crippen MR) is 69.9 cm³/mol. The molecule has 18 heavy (non-hydrogen) atoms. The fourth-order valence-corrected chi connectivity index (χ4v) is 1.71. The van der Waals surface area contributed by atoms with Gasteiger partial charge in [0.05, 0.1) is 24.1 Å². The molecule has 0 saturated heterocycles. The number of aromatic nitrogens is 2. The Morgan fingerprint density at radius 1 is 1.22 bits per heavy atom. The van der Waals surface area contributed by atoms with Crippen LogP contribution in [0, 0.1) is 11.3 Å². The van der Waals surface area contributed by atoms with Gasteiger partial charge in [-0.25, -0.2) is 4.98 Å². The van der Waals surface area contributed by atoms with Gasteiger partial charge in [-0.2, -0.15) is 5.26 Å². The Morgan fingerprint density at radius 2 is 2.11 bits per heavy atom. The van der Waals surface area contributed by atoms with Crippen molar-refractivity contribution in [3.05, 3.63) is 54.1 Å². The lowest BCUT2D eigenvalue weighted by Gasteiger charge is -2.22. The number of pyridine rings is 2. The van der Waals surface area contributed by atoms with Crippen molar-refractivity contribution in [2.24, 2.45) is 0 Å². The highest BCUT2D eigenvalue weighted by Gasteiger charge is 2.06. The lowest BCUT2D eigenvalue weighted by Crippen LogP contribution is -2.22. The molecule has 0 radical (unpaired) electrons. The van der Waals surface area contributed by atoms with E-state index in [4.69, 9.17) is 5.26 Å². The predicted octanol–water partition coefficient (Wildman–Crippen LogP) is 2.37. The van der Waals surface area contributed by atoms with Gasteiger partial charge in [-0.05, 0) is 31.2 Å². The molecular weight excluding hydrogens is 224 g/mol. The maximum Gasteiger partial charge on any atom is 0.140 e. The number of hydrogen-bond donors (Lipinski definition) is 0. The number of nitriles is 1. The number of anilines is 1. The second kappa shape index (κ2) is 5.78. The zero-order chi connectivity index (χ0) is 12.8. The summed E-state index contributed by atoms with van der Waals surface area (Å²) in [5.41, 5.74) is 2.46. The summed E-state index contributed by atoms with van der Waals surface area (Å²) in [7, 11) is 0. The smallest absolute Gasteiger partial charge is 0.140 e. The molecule has 0 aliphatic carbocycles. The highest BCUT2D eigenvalue weighted by Crippen LogP contribution is 2.15. The van der Waals surface area contributed by atoms with Gasteiger partial charge in [-0.3, -0.25) is 4.98 Å². The van der Waals surface area contributed by atoms with Crippen LogP contribution in [0.3, 0.4) is 0 Å². The Labute approximate surface area is 107 Å². The van der Waals surface area contributed by atoms with Crippen LogP contribution >= 0.6 is 0 Å². The van der Waals surface area contributed by atoms with Crippen LogP contribution in [0.25, 0.3) is 0 Å². The monoisotopic (exact) mass is 238 g/mol. The lowest BCUT2D eigenvalue weighted by molar-refractivity contribution is 0.807. The van der Waals surface area contributed by atoms with Crippen molar-refractivity contribution in [1.82, 2.24) is 9.97 Å². The molecule has 0 aliphatic heterocycles. The summed E-state index contributed by atoms with van der Waals surface area (Å²) in [5, 5.41) is 8.72.